The summed E-state index contributed by atoms with van der Waals surface area (Å²) in [6.45, 7) is 6.83. The topological polar surface area (TPSA) is 68.2 Å². The molecule has 2 aromatic rings. The predicted molar refractivity (Wildman–Crippen MR) is 125 cm³/mol. The van der Waals surface area contributed by atoms with Gasteiger partial charge in [0.25, 0.3) is 0 Å². The predicted octanol–water partition coefficient (Wildman–Crippen LogP) is 4.80. The summed E-state index contributed by atoms with van der Waals surface area (Å²) in [6, 6.07) is 9.40. The van der Waals surface area contributed by atoms with Gasteiger partial charge < -0.3 is 10.2 Å². The lowest BCUT2D eigenvalue weighted by molar-refractivity contribution is 0.237. The maximum absolute atomic E-state index is 13.0. The Balaban J connectivity index is 1.57. The minimum atomic E-state index is -1.40. The van der Waals surface area contributed by atoms with Crippen LogP contribution in [0, 0.1) is 5.41 Å². The highest BCUT2D eigenvalue weighted by Gasteiger charge is 2.50. The van der Waals surface area contributed by atoms with E-state index < -0.39 is 11.0 Å². The molecule has 4 rings (SSSR count). The highest BCUT2D eigenvalue weighted by Crippen LogP contribution is 2.44. The molecule has 9 heteroatoms. The smallest absolute Gasteiger partial charge is 0.160 e. The van der Waals surface area contributed by atoms with Crippen LogP contribution in [0.15, 0.2) is 38.8 Å². The zero-order valence-electron chi connectivity index (χ0n) is 16.5. The van der Waals surface area contributed by atoms with Crippen molar-refractivity contribution in [1.29, 1.82) is 5.41 Å². The summed E-state index contributed by atoms with van der Waals surface area (Å²) < 4.78 is 18.0. The van der Waals surface area contributed by atoms with Gasteiger partial charge in [-0.1, -0.05) is 31.5 Å². The van der Waals surface area contributed by atoms with Crippen molar-refractivity contribution in [2.24, 2.45) is 0 Å². The van der Waals surface area contributed by atoms with E-state index in [2.05, 4.69) is 28.8 Å². The van der Waals surface area contributed by atoms with E-state index in [0.717, 1.165) is 40.9 Å². The Morgan fingerprint density at radius 1 is 1.38 bits per heavy atom. The number of hydrogen-bond acceptors (Lipinski definition) is 5. The van der Waals surface area contributed by atoms with Crippen molar-refractivity contribution in [3.63, 3.8) is 0 Å². The van der Waals surface area contributed by atoms with Crippen LogP contribution in [-0.4, -0.2) is 45.4 Å². The number of thiophene rings is 1. The molecule has 2 fully saturated rings. The molecule has 1 aliphatic heterocycles. The van der Waals surface area contributed by atoms with Gasteiger partial charge in [-0.05, 0) is 37.1 Å². The molecular formula is C20H25ClN4OS3. The average molecular weight is 469 g/mol. The Labute approximate surface area is 187 Å². The molecule has 0 bridgehead atoms. The zero-order chi connectivity index (χ0) is 20.6. The lowest BCUT2D eigenvalue weighted by Gasteiger charge is -2.39. The number of hydrogen-bond donors (Lipinski definition) is 3. The summed E-state index contributed by atoms with van der Waals surface area (Å²) in [5.74, 6) is 0.413. The highest BCUT2D eigenvalue weighted by atomic mass is 35.5. The summed E-state index contributed by atoms with van der Waals surface area (Å²) >= 11 is 9.83. The first kappa shape index (κ1) is 21.2. The van der Waals surface area contributed by atoms with Crippen LogP contribution >= 0.6 is 34.7 Å². The van der Waals surface area contributed by atoms with Crippen molar-refractivity contribution in [1.82, 2.24) is 10.2 Å². The molecule has 29 heavy (non-hydrogen) atoms. The second-order valence-electron chi connectivity index (χ2n) is 7.67. The molecule has 0 radical (unpaired) electrons. The third-order valence-corrected chi connectivity index (χ3v) is 9.16. The van der Waals surface area contributed by atoms with Crippen molar-refractivity contribution in [2.75, 3.05) is 24.4 Å². The summed E-state index contributed by atoms with van der Waals surface area (Å²) in [4.78, 5) is 2.17. The van der Waals surface area contributed by atoms with Gasteiger partial charge in [-0.2, -0.15) is 0 Å². The van der Waals surface area contributed by atoms with Gasteiger partial charge in [0.1, 0.15) is 10.0 Å². The fourth-order valence-corrected chi connectivity index (χ4v) is 7.52. The van der Waals surface area contributed by atoms with Crippen LogP contribution in [0.2, 0.25) is 5.02 Å². The maximum atomic E-state index is 13.0. The standard InChI is InChI=1S/C20H25ClN4OS3/c1-13(2)27-16-6-7-17(28-16)29(26)24-15-5-3-4-14(21)18(15)19(22)25-11-10-23-12-20(25)8-9-20/h3-7,13,22-24H,8-12H2,1-2H3. The molecule has 1 aromatic carbocycles. The van der Waals surface area contributed by atoms with Crippen molar-refractivity contribution < 1.29 is 4.21 Å². The molecule has 3 N–H and O–H groups in total. The van der Waals surface area contributed by atoms with Crippen molar-refractivity contribution >= 4 is 57.2 Å². The lowest BCUT2D eigenvalue weighted by atomic mass is 10.1. The fraction of sp³-hybridized carbons (Fsp3) is 0.450. The summed E-state index contributed by atoms with van der Waals surface area (Å²) in [7, 11) is -1.40. The van der Waals surface area contributed by atoms with Gasteiger partial charge in [0, 0.05) is 24.9 Å². The molecule has 2 heterocycles. The molecule has 1 saturated heterocycles. The van der Waals surface area contributed by atoms with Crippen LogP contribution in [0.1, 0.15) is 32.3 Å². The van der Waals surface area contributed by atoms with E-state index in [9.17, 15) is 4.21 Å². The van der Waals surface area contributed by atoms with E-state index in [-0.39, 0.29) is 5.54 Å². The third-order valence-electron chi connectivity index (χ3n) is 5.18. The number of anilines is 1. The number of nitrogens with one attached hydrogen (secondary N) is 3. The monoisotopic (exact) mass is 468 g/mol. The van der Waals surface area contributed by atoms with Crippen molar-refractivity contribution in [3.05, 3.63) is 40.9 Å². The lowest BCUT2D eigenvalue weighted by Crippen LogP contribution is -2.55. The summed E-state index contributed by atoms with van der Waals surface area (Å²) in [6.07, 6.45) is 2.18. The highest BCUT2D eigenvalue weighted by molar-refractivity contribution is 8.02. The van der Waals surface area contributed by atoms with Crippen molar-refractivity contribution in [3.8, 4) is 0 Å². The largest absolute Gasteiger partial charge is 0.348 e. The summed E-state index contributed by atoms with van der Waals surface area (Å²) in [5, 5.41) is 13.3. The Kier molecular flexibility index (Phi) is 6.27. The number of nitrogens with zero attached hydrogens (tertiary/aromatic N) is 1. The number of thioether (sulfide) groups is 1. The number of halogens is 1. The van der Waals surface area contributed by atoms with Crippen LogP contribution in [0.25, 0.3) is 0 Å². The van der Waals surface area contributed by atoms with Crippen LogP contribution < -0.4 is 10.0 Å². The molecular weight excluding hydrogens is 444 g/mol. The van der Waals surface area contributed by atoms with E-state index in [1.54, 1.807) is 17.8 Å². The first-order valence-corrected chi connectivity index (χ1v) is 12.9. The van der Waals surface area contributed by atoms with Gasteiger partial charge in [-0.3, -0.25) is 10.1 Å². The average Bonchev–Trinajstić information content (AvgIpc) is 3.27. The Morgan fingerprint density at radius 3 is 2.90 bits per heavy atom. The molecule has 1 spiro atoms. The Bertz CT molecular complexity index is 942. The van der Waals surface area contributed by atoms with Gasteiger partial charge in [-0.15, -0.1) is 23.1 Å². The van der Waals surface area contributed by atoms with Gasteiger partial charge in [-0.25, -0.2) is 4.21 Å². The van der Waals surface area contributed by atoms with Crippen LogP contribution in [0.3, 0.4) is 0 Å². The molecule has 5 nitrogen and oxygen atoms in total. The van der Waals surface area contributed by atoms with E-state index in [0.29, 0.717) is 27.4 Å². The maximum Gasteiger partial charge on any atom is 0.160 e. The molecule has 1 aliphatic carbocycles. The van der Waals surface area contributed by atoms with Crippen LogP contribution in [0.4, 0.5) is 5.69 Å². The number of benzene rings is 1. The van der Waals surface area contributed by atoms with E-state index >= 15 is 0 Å². The van der Waals surface area contributed by atoms with Crippen LogP contribution in [0.5, 0.6) is 0 Å². The number of piperazine rings is 1. The van der Waals surface area contributed by atoms with Gasteiger partial charge >= 0.3 is 0 Å². The first-order valence-electron chi connectivity index (χ1n) is 9.70. The number of rotatable bonds is 6. The van der Waals surface area contributed by atoms with Crippen molar-refractivity contribution in [2.45, 2.75) is 45.9 Å². The molecule has 2 aliphatic rings. The third kappa shape index (κ3) is 4.51. The quantitative estimate of drug-likeness (QED) is 0.323. The van der Waals surface area contributed by atoms with Gasteiger partial charge in [0.05, 0.1) is 26.0 Å². The molecule has 0 amide bonds. The zero-order valence-corrected chi connectivity index (χ0v) is 19.7. The first-order chi connectivity index (χ1) is 13.9. The van der Waals surface area contributed by atoms with E-state index in [4.69, 9.17) is 17.0 Å². The summed E-state index contributed by atoms with van der Waals surface area (Å²) in [5.41, 5.74) is 1.31. The molecule has 1 saturated carbocycles. The van der Waals surface area contributed by atoms with Gasteiger partial charge in [0.15, 0.2) is 11.0 Å². The second-order valence-corrected chi connectivity index (χ2v) is 12.5. The normalized spacial score (nSPS) is 18.8. The minimum absolute atomic E-state index is 0.0433. The van der Waals surface area contributed by atoms with Crippen LogP contribution in [-0.2, 0) is 11.0 Å². The Hall–Kier alpha value is -1.06. The van der Waals surface area contributed by atoms with E-state index in [1.807, 2.05) is 24.3 Å². The molecule has 156 valence electrons. The van der Waals surface area contributed by atoms with E-state index in [1.165, 1.54) is 11.3 Å². The minimum Gasteiger partial charge on any atom is -0.348 e. The second kappa shape index (κ2) is 8.59. The van der Waals surface area contributed by atoms with Gasteiger partial charge in [0.2, 0.25) is 0 Å². The molecule has 1 atom stereocenters. The fourth-order valence-electron chi connectivity index (χ4n) is 3.62. The SMILES string of the molecule is CC(C)Sc1ccc(S(=O)Nc2cccc(Cl)c2C(=N)N2CCNCC23CC3)s1. The molecule has 1 unspecified atom stereocenters. The number of amidine groups is 1. The Morgan fingerprint density at radius 2 is 2.17 bits per heavy atom. The molecule has 1 aromatic heterocycles.